The Bertz CT molecular complexity index is 414. The predicted octanol–water partition coefficient (Wildman–Crippen LogP) is 2.43. The maximum absolute atomic E-state index is 12.4. The molecule has 24 heavy (non-hydrogen) atoms. The molecule has 2 amide bonds. The lowest BCUT2D eigenvalue weighted by Crippen LogP contribution is -2.51. The molecule has 0 rings (SSSR count). The molecule has 0 aliphatic carbocycles. The first-order valence-electron chi connectivity index (χ1n) is 8.60. The van der Waals surface area contributed by atoms with Crippen LogP contribution in [0.15, 0.2) is 0 Å². The van der Waals surface area contributed by atoms with Crippen molar-refractivity contribution in [3.05, 3.63) is 0 Å². The van der Waals surface area contributed by atoms with Gasteiger partial charge in [-0.05, 0) is 27.2 Å². The van der Waals surface area contributed by atoms with Crippen LogP contribution in [0.5, 0.6) is 0 Å². The number of ether oxygens (including phenoxy) is 2. The third kappa shape index (κ3) is 7.19. The molecule has 140 valence electrons. The van der Waals surface area contributed by atoms with Gasteiger partial charge in [-0.3, -0.25) is 9.69 Å². The minimum absolute atomic E-state index is 0.237. The molecule has 0 aromatic heterocycles. The molecule has 0 radical (unpaired) electrons. The molecule has 2 atom stereocenters. The Kier molecular flexibility index (Phi) is 10.8. The molecular formula is C17H32N2O5. The van der Waals surface area contributed by atoms with Crippen molar-refractivity contribution in [2.24, 2.45) is 0 Å². The Labute approximate surface area is 145 Å². The number of carbonyl (C=O) groups is 3. The van der Waals surface area contributed by atoms with Crippen LogP contribution in [0.2, 0.25) is 0 Å². The van der Waals surface area contributed by atoms with Gasteiger partial charge in [0.2, 0.25) is 5.91 Å². The van der Waals surface area contributed by atoms with Crippen molar-refractivity contribution in [1.82, 2.24) is 9.80 Å². The second kappa shape index (κ2) is 11.7. The number of rotatable bonds is 10. The molecule has 0 fully saturated rings. The van der Waals surface area contributed by atoms with Crippen molar-refractivity contribution >= 4 is 18.0 Å². The van der Waals surface area contributed by atoms with Crippen LogP contribution in [0.4, 0.5) is 4.79 Å². The van der Waals surface area contributed by atoms with Gasteiger partial charge in [-0.2, -0.15) is 0 Å². The third-order valence-corrected chi connectivity index (χ3v) is 4.01. The molecule has 0 heterocycles. The Morgan fingerprint density at radius 1 is 0.875 bits per heavy atom. The number of nitrogens with zero attached hydrogens (tertiary/aromatic N) is 2. The summed E-state index contributed by atoms with van der Waals surface area (Å²) in [4.78, 5) is 38.7. The Hall–Kier alpha value is -1.79. The first-order chi connectivity index (χ1) is 11.3. The van der Waals surface area contributed by atoms with Crippen LogP contribution < -0.4 is 0 Å². The minimum Gasteiger partial charge on any atom is -0.464 e. The van der Waals surface area contributed by atoms with Gasteiger partial charge in [-0.25, -0.2) is 9.59 Å². The van der Waals surface area contributed by atoms with Gasteiger partial charge < -0.3 is 14.4 Å². The summed E-state index contributed by atoms with van der Waals surface area (Å²) >= 11 is 0. The average Bonchev–Trinajstić information content (AvgIpc) is 2.58. The topological polar surface area (TPSA) is 76.2 Å². The highest BCUT2D eigenvalue weighted by Gasteiger charge is 2.31. The number of esters is 1. The fourth-order valence-electron chi connectivity index (χ4n) is 2.01. The highest BCUT2D eigenvalue weighted by Crippen LogP contribution is 2.08. The van der Waals surface area contributed by atoms with E-state index in [1.54, 1.807) is 20.8 Å². The zero-order valence-corrected chi connectivity index (χ0v) is 15.8. The number of hydrogen-bond donors (Lipinski definition) is 0. The Balaban J connectivity index is 4.48. The van der Waals surface area contributed by atoms with Gasteiger partial charge in [0.1, 0.15) is 12.1 Å². The van der Waals surface area contributed by atoms with Crippen molar-refractivity contribution in [3.8, 4) is 0 Å². The molecule has 2 unspecified atom stereocenters. The summed E-state index contributed by atoms with van der Waals surface area (Å²) in [6, 6.07) is -1.43. The standard InChI is InChI=1S/C17H32N2O5/c1-7-9-10-11-12-24-16(21)14(4)18(5)15(20)13(3)19(6)17(22)23-8-2/h13-14H,7-12H2,1-6H3. The predicted molar refractivity (Wildman–Crippen MR) is 91.6 cm³/mol. The molecule has 0 spiro atoms. The maximum atomic E-state index is 12.4. The van der Waals surface area contributed by atoms with Gasteiger partial charge in [0.05, 0.1) is 13.2 Å². The Morgan fingerprint density at radius 2 is 1.50 bits per heavy atom. The summed E-state index contributed by atoms with van der Waals surface area (Å²) in [5, 5.41) is 0. The van der Waals surface area contributed by atoms with Crippen molar-refractivity contribution in [1.29, 1.82) is 0 Å². The van der Waals surface area contributed by atoms with Crippen molar-refractivity contribution in [2.45, 2.75) is 65.5 Å². The Morgan fingerprint density at radius 3 is 2.04 bits per heavy atom. The van der Waals surface area contributed by atoms with Crippen molar-refractivity contribution in [2.75, 3.05) is 27.3 Å². The van der Waals surface area contributed by atoms with Gasteiger partial charge in [0.15, 0.2) is 0 Å². The lowest BCUT2D eigenvalue weighted by molar-refractivity contribution is -0.154. The fourth-order valence-corrected chi connectivity index (χ4v) is 2.01. The van der Waals surface area contributed by atoms with E-state index >= 15 is 0 Å². The van der Waals surface area contributed by atoms with E-state index in [0.717, 1.165) is 25.7 Å². The number of likely N-dealkylation sites (N-methyl/N-ethyl adjacent to an activating group) is 2. The quantitative estimate of drug-likeness (QED) is 0.449. The van der Waals surface area contributed by atoms with Crippen LogP contribution in [-0.4, -0.2) is 67.2 Å². The molecule has 0 saturated heterocycles. The van der Waals surface area contributed by atoms with Crippen LogP contribution in [-0.2, 0) is 19.1 Å². The van der Waals surface area contributed by atoms with Gasteiger partial charge in [0.25, 0.3) is 0 Å². The summed E-state index contributed by atoms with van der Waals surface area (Å²) in [5.41, 5.74) is 0. The first kappa shape index (κ1) is 22.2. The summed E-state index contributed by atoms with van der Waals surface area (Å²) < 4.78 is 10.1. The number of amides is 2. The number of unbranched alkanes of at least 4 members (excludes halogenated alkanes) is 3. The van der Waals surface area contributed by atoms with E-state index in [2.05, 4.69) is 6.92 Å². The average molecular weight is 344 g/mol. The van der Waals surface area contributed by atoms with Gasteiger partial charge in [-0.15, -0.1) is 0 Å². The molecule has 7 nitrogen and oxygen atoms in total. The lowest BCUT2D eigenvalue weighted by atomic mass is 10.2. The zero-order valence-electron chi connectivity index (χ0n) is 15.8. The number of hydrogen-bond acceptors (Lipinski definition) is 5. The largest absolute Gasteiger partial charge is 0.464 e. The van der Waals surface area contributed by atoms with E-state index < -0.39 is 24.1 Å². The van der Waals surface area contributed by atoms with Gasteiger partial charge in [-0.1, -0.05) is 26.2 Å². The normalized spacial score (nSPS) is 12.9. The van der Waals surface area contributed by atoms with E-state index in [-0.39, 0.29) is 12.5 Å². The van der Waals surface area contributed by atoms with E-state index in [1.807, 2.05) is 0 Å². The van der Waals surface area contributed by atoms with Crippen LogP contribution in [0.3, 0.4) is 0 Å². The molecule has 0 aromatic carbocycles. The van der Waals surface area contributed by atoms with Crippen LogP contribution in [0, 0.1) is 0 Å². The first-order valence-corrected chi connectivity index (χ1v) is 8.60. The fraction of sp³-hybridized carbons (Fsp3) is 0.824. The van der Waals surface area contributed by atoms with Crippen LogP contribution in [0.1, 0.15) is 53.4 Å². The molecule has 0 aliphatic heterocycles. The molecule has 0 aliphatic rings. The van der Waals surface area contributed by atoms with E-state index in [9.17, 15) is 14.4 Å². The summed E-state index contributed by atoms with van der Waals surface area (Å²) in [6.45, 7) is 7.62. The zero-order chi connectivity index (χ0) is 18.7. The highest BCUT2D eigenvalue weighted by atomic mass is 16.6. The molecule has 0 aromatic rings. The molecular weight excluding hydrogens is 312 g/mol. The second-order valence-electron chi connectivity index (χ2n) is 5.84. The second-order valence-corrected chi connectivity index (χ2v) is 5.84. The minimum atomic E-state index is -0.728. The molecule has 0 saturated carbocycles. The van der Waals surface area contributed by atoms with Crippen molar-refractivity contribution in [3.63, 3.8) is 0 Å². The summed E-state index contributed by atoms with van der Waals surface area (Å²) in [5.74, 6) is -0.783. The highest BCUT2D eigenvalue weighted by molar-refractivity contribution is 5.89. The smallest absolute Gasteiger partial charge is 0.410 e. The third-order valence-electron chi connectivity index (χ3n) is 4.01. The maximum Gasteiger partial charge on any atom is 0.410 e. The SMILES string of the molecule is CCCCCCOC(=O)C(C)N(C)C(=O)C(C)N(C)C(=O)OCC. The van der Waals surface area contributed by atoms with E-state index in [0.29, 0.717) is 6.61 Å². The van der Waals surface area contributed by atoms with Crippen molar-refractivity contribution < 1.29 is 23.9 Å². The van der Waals surface area contributed by atoms with Crippen LogP contribution >= 0.6 is 0 Å². The molecule has 7 heteroatoms. The molecule has 0 bridgehead atoms. The molecule has 0 N–H and O–H groups in total. The monoisotopic (exact) mass is 344 g/mol. The van der Waals surface area contributed by atoms with Gasteiger partial charge >= 0.3 is 12.1 Å². The number of carbonyl (C=O) groups excluding carboxylic acids is 3. The van der Waals surface area contributed by atoms with Crippen LogP contribution in [0.25, 0.3) is 0 Å². The van der Waals surface area contributed by atoms with E-state index in [1.165, 1.54) is 23.9 Å². The summed E-state index contributed by atoms with van der Waals surface area (Å²) in [6.07, 6.45) is 3.51. The summed E-state index contributed by atoms with van der Waals surface area (Å²) in [7, 11) is 3.02. The lowest BCUT2D eigenvalue weighted by Gasteiger charge is -2.30. The van der Waals surface area contributed by atoms with Gasteiger partial charge in [0, 0.05) is 14.1 Å². The van der Waals surface area contributed by atoms with E-state index in [4.69, 9.17) is 9.47 Å².